The number of carbonyl (C=O) groups excluding carboxylic acids is 2. The number of halogens is 3. The van der Waals surface area contributed by atoms with E-state index in [9.17, 15) is 31.2 Å². The minimum Gasteiger partial charge on any atom is -0.384 e. The van der Waals surface area contributed by atoms with Crippen LogP contribution >= 0.6 is 0 Å². The highest BCUT2D eigenvalue weighted by Gasteiger charge is 2.40. The Balaban J connectivity index is 1.70. The molecule has 0 aliphatic carbocycles. The fraction of sp³-hybridized carbons (Fsp3) is 0.348. The fourth-order valence-electron chi connectivity index (χ4n) is 3.79. The van der Waals surface area contributed by atoms with Gasteiger partial charge in [0, 0.05) is 24.3 Å². The van der Waals surface area contributed by atoms with Crippen LogP contribution in [-0.2, 0) is 25.8 Å². The monoisotopic (exact) mass is 525 g/mol. The van der Waals surface area contributed by atoms with Gasteiger partial charge in [0.2, 0.25) is 21.8 Å². The molecule has 1 atom stereocenters. The molecular formula is C23H26F3N5O4S. The Morgan fingerprint density at radius 2 is 1.69 bits per heavy atom. The van der Waals surface area contributed by atoms with Gasteiger partial charge in [-0.2, -0.15) is 17.5 Å². The average Bonchev–Trinajstić information content (AvgIpc) is 3.34. The maximum atomic E-state index is 13.8. The lowest BCUT2D eigenvalue weighted by atomic mass is 10.0. The van der Waals surface area contributed by atoms with Crippen LogP contribution in [0.1, 0.15) is 48.9 Å². The van der Waals surface area contributed by atoms with Crippen LogP contribution in [0.4, 0.5) is 18.9 Å². The number of anilines is 1. The first kappa shape index (κ1) is 27.1. The summed E-state index contributed by atoms with van der Waals surface area (Å²) in [4.78, 5) is 23.7. The van der Waals surface area contributed by atoms with Crippen molar-refractivity contribution in [2.45, 2.75) is 43.3 Å². The highest BCUT2D eigenvalue weighted by molar-refractivity contribution is 7.89. The van der Waals surface area contributed by atoms with Gasteiger partial charge >= 0.3 is 6.18 Å². The van der Waals surface area contributed by atoms with E-state index < -0.39 is 50.9 Å². The third kappa shape index (κ3) is 6.40. The second kappa shape index (κ2) is 10.7. The van der Waals surface area contributed by atoms with Crippen molar-refractivity contribution in [3.8, 4) is 0 Å². The Morgan fingerprint density at radius 1 is 1.08 bits per heavy atom. The molecule has 13 heteroatoms. The van der Waals surface area contributed by atoms with Gasteiger partial charge < -0.3 is 16.4 Å². The number of amidine groups is 1. The summed E-state index contributed by atoms with van der Waals surface area (Å²) < 4.78 is 67.9. The summed E-state index contributed by atoms with van der Waals surface area (Å²) in [6.45, 7) is 1.76. The number of amides is 2. The van der Waals surface area contributed by atoms with Gasteiger partial charge in [0.25, 0.3) is 0 Å². The third-order valence-corrected chi connectivity index (χ3v) is 7.63. The van der Waals surface area contributed by atoms with Gasteiger partial charge in [-0.15, -0.1) is 0 Å². The smallest absolute Gasteiger partial charge is 0.384 e. The van der Waals surface area contributed by atoms with Crippen molar-refractivity contribution in [3.63, 3.8) is 0 Å². The number of benzene rings is 2. The SMILES string of the molecule is CC(NC(=O)CC(=O)Nc1ccc(C(=N)N)cc1)c1ccc(S(=O)(=O)N2CCCC2)c(C(F)(F)F)c1. The van der Waals surface area contributed by atoms with E-state index in [2.05, 4.69) is 10.6 Å². The van der Waals surface area contributed by atoms with Crippen molar-refractivity contribution in [2.24, 2.45) is 5.73 Å². The molecule has 1 unspecified atom stereocenters. The highest BCUT2D eigenvalue weighted by atomic mass is 32.2. The number of alkyl halides is 3. The predicted molar refractivity (Wildman–Crippen MR) is 127 cm³/mol. The molecule has 9 nitrogen and oxygen atoms in total. The van der Waals surface area contributed by atoms with E-state index in [1.807, 2.05) is 0 Å². The summed E-state index contributed by atoms with van der Waals surface area (Å²) in [6, 6.07) is 7.97. The van der Waals surface area contributed by atoms with Gasteiger partial charge in [-0.25, -0.2) is 8.42 Å². The van der Waals surface area contributed by atoms with E-state index in [1.165, 1.54) is 37.3 Å². The fourth-order valence-corrected chi connectivity index (χ4v) is 5.50. The summed E-state index contributed by atoms with van der Waals surface area (Å²) in [5, 5.41) is 12.3. The van der Waals surface area contributed by atoms with Crippen LogP contribution in [0.15, 0.2) is 47.4 Å². The van der Waals surface area contributed by atoms with Crippen LogP contribution in [0.2, 0.25) is 0 Å². The first-order chi connectivity index (χ1) is 16.8. The molecule has 36 heavy (non-hydrogen) atoms. The Hall–Kier alpha value is -3.45. The summed E-state index contributed by atoms with van der Waals surface area (Å²) in [6.07, 6.45) is -4.36. The molecule has 1 heterocycles. The van der Waals surface area contributed by atoms with Crippen LogP contribution in [0.25, 0.3) is 0 Å². The van der Waals surface area contributed by atoms with Crippen molar-refractivity contribution in [2.75, 3.05) is 18.4 Å². The lowest BCUT2D eigenvalue weighted by Crippen LogP contribution is -2.31. The lowest BCUT2D eigenvalue weighted by molar-refractivity contribution is -0.140. The van der Waals surface area contributed by atoms with Crippen molar-refractivity contribution in [3.05, 3.63) is 59.2 Å². The minimum absolute atomic E-state index is 0.0382. The molecule has 1 aliphatic heterocycles. The summed E-state index contributed by atoms with van der Waals surface area (Å²) in [5.74, 6) is -1.53. The molecule has 2 aromatic carbocycles. The van der Waals surface area contributed by atoms with Crippen molar-refractivity contribution in [1.29, 1.82) is 5.41 Å². The average molecular weight is 526 g/mol. The predicted octanol–water partition coefficient (Wildman–Crippen LogP) is 2.98. The number of carbonyl (C=O) groups is 2. The number of rotatable bonds is 8. The number of hydrogen-bond donors (Lipinski definition) is 4. The third-order valence-electron chi connectivity index (χ3n) is 5.67. The minimum atomic E-state index is -4.93. The van der Waals surface area contributed by atoms with E-state index in [1.54, 1.807) is 0 Å². The Kier molecular flexibility index (Phi) is 8.04. The van der Waals surface area contributed by atoms with Gasteiger partial charge in [0.1, 0.15) is 12.3 Å². The summed E-state index contributed by atoms with van der Waals surface area (Å²) in [7, 11) is -4.32. The molecular weight excluding hydrogens is 499 g/mol. The second-order valence-electron chi connectivity index (χ2n) is 8.37. The van der Waals surface area contributed by atoms with E-state index in [4.69, 9.17) is 11.1 Å². The first-order valence-electron chi connectivity index (χ1n) is 11.0. The van der Waals surface area contributed by atoms with Gasteiger partial charge in [-0.1, -0.05) is 6.07 Å². The molecule has 3 rings (SSSR count). The van der Waals surface area contributed by atoms with Gasteiger partial charge in [0.05, 0.1) is 16.5 Å². The number of sulfonamides is 1. The number of nitrogen functional groups attached to an aromatic ring is 1. The lowest BCUT2D eigenvalue weighted by Gasteiger charge is -2.21. The van der Waals surface area contributed by atoms with Crippen molar-refractivity contribution in [1.82, 2.24) is 9.62 Å². The van der Waals surface area contributed by atoms with E-state index in [0.717, 1.165) is 10.4 Å². The van der Waals surface area contributed by atoms with Crippen LogP contribution in [0.5, 0.6) is 0 Å². The zero-order valence-electron chi connectivity index (χ0n) is 19.4. The molecule has 1 aliphatic rings. The quantitative estimate of drug-likeness (QED) is 0.238. The van der Waals surface area contributed by atoms with Gasteiger partial charge in [-0.3, -0.25) is 15.0 Å². The number of nitrogens with two attached hydrogens (primary N) is 1. The Morgan fingerprint density at radius 3 is 2.25 bits per heavy atom. The largest absolute Gasteiger partial charge is 0.417 e. The molecule has 2 aromatic rings. The topological polar surface area (TPSA) is 145 Å². The molecule has 2 amide bonds. The molecule has 0 radical (unpaired) electrons. The van der Waals surface area contributed by atoms with E-state index >= 15 is 0 Å². The molecule has 0 saturated carbocycles. The number of hydrogen-bond acceptors (Lipinski definition) is 5. The highest BCUT2D eigenvalue weighted by Crippen LogP contribution is 2.37. The van der Waals surface area contributed by atoms with E-state index in [-0.39, 0.29) is 24.5 Å². The standard InChI is InChI=1S/C23H26F3N5O4S/c1-14(29-20(32)13-21(33)30-17-7-4-15(5-8-17)22(27)28)16-6-9-19(18(12-16)23(24,25)26)36(34,35)31-10-2-3-11-31/h4-9,12,14H,2-3,10-11,13H2,1H3,(H3,27,28)(H,29,32)(H,30,33). The maximum absolute atomic E-state index is 13.8. The number of nitrogens with one attached hydrogen (secondary N) is 3. The first-order valence-corrected chi connectivity index (χ1v) is 12.5. The maximum Gasteiger partial charge on any atom is 0.417 e. The zero-order chi connectivity index (χ0) is 26.7. The zero-order valence-corrected chi connectivity index (χ0v) is 20.2. The van der Waals surface area contributed by atoms with Crippen LogP contribution in [-0.4, -0.2) is 43.5 Å². The van der Waals surface area contributed by atoms with Crippen LogP contribution < -0.4 is 16.4 Å². The van der Waals surface area contributed by atoms with Crippen molar-refractivity contribution < 1.29 is 31.2 Å². The van der Waals surface area contributed by atoms with E-state index in [0.29, 0.717) is 30.2 Å². The normalized spacial score (nSPS) is 15.3. The molecule has 1 fully saturated rings. The van der Waals surface area contributed by atoms with Crippen molar-refractivity contribution >= 4 is 33.4 Å². The van der Waals surface area contributed by atoms with Gasteiger partial charge in [-0.05, 0) is 61.7 Å². The molecule has 1 saturated heterocycles. The summed E-state index contributed by atoms with van der Waals surface area (Å²) in [5.41, 5.74) is 4.92. The van der Waals surface area contributed by atoms with Crippen LogP contribution in [0, 0.1) is 5.41 Å². The number of nitrogens with zero attached hydrogens (tertiary/aromatic N) is 1. The van der Waals surface area contributed by atoms with Crippen LogP contribution in [0.3, 0.4) is 0 Å². The molecule has 5 N–H and O–H groups in total. The van der Waals surface area contributed by atoms with Gasteiger partial charge in [0.15, 0.2) is 0 Å². The Bertz CT molecular complexity index is 1260. The molecule has 0 bridgehead atoms. The molecule has 0 spiro atoms. The summed E-state index contributed by atoms with van der Waals surface area (Å²) >= 11 is 0. The molecule has 194 valence electrons. The Labute approximate surface area is 206 Å². The second-order valence-corrected chi connectivity index (χ2v) is 10.3. The molecule has 0 aromatic heterocycles.